The fraction of sp³-hybridized carbons (Fsp3) is 0.250. The Balaban J connectivity index is 2.33. The largest absolute Gasteiger partial charge is 0.321 e. The number of rotatable bonds is 3. The summed E-state index contributed by atoms with van der Waals surface area (Å²) >= 11 is 3.45. The molecule has 1 unspecified atom stereocenters. The van der Waals surface area contributed by atoms with Gasteiger partial charge in [-0.05, 0) is 61.2 Å². The molecule has 2 aromatic carbocycles. The van der Waals surface area contributed by atoms with E-state index in [1.165, 1.54) is 6.07 Å². The normalized spacial score (nSPS) is 14.2. The molecule has 2 N–H and O–H groups in total. The zero-order valence-corrected chi connectivity index (χ0v) is 12.7. The van der Waals surface area contributed by atoms with Crippen LogP contribution in [0.5, 0.6) is 0 Å². The Labute approximate surface area is 121 Å². The molecule has 2 aromatic rings. The molecule has 1 atom stereocenters. The second kappa shape index (κ2) is 5.43. The predicted molar refractivity (Wildman–Crippen MR) is 80.5 cm³/mol. The van der Waals surface area contributed by atoms with Crippen LogP contribution in [0.3, 0.4) is 0 Å². The summed E-state index contributed by atoms with van der Waals surface area (Å²) < 4.78 is 14.3. The maximum atomic E-state index is 13.3. The SMILES string of the molecule is Cc1ccc(F)cc1CC(C)(N)c1cccc(Br)c1. The van der Waals surface area contributed by atoms with Crippen molar-refractivity contribution in [3.8, 4) is 0 Å². The molecule has 0 saturated heterocycles. The maximum absolute atomic E-state index is 13.3. The number of hydrogen-bond donors (Lipinski definition) is 1. The molecule has 0 aliphatic rings. The molecule has 0 aliphatic carbocycles. The van der Waals surface area contributed by atoms with E-state index >= 15 is 0 Å². The summed E-state index contributed by atoms with van der Waals surface area (Å²) in [5.74, 6) is -0.217. The van der Waals surface area contributed by atoms with Crippen LogP contribution in [0.4, 0.5) is 4.39 Å². The Bertz CT molecular complexity index is 593. The average Bonchev–Trinajstić information content (AvgIpc) is 2.33. The van der Waals surface area contributed by atoms with Gasteiger partial charge in [0.05, 0.1) is 0 Å². The third kappa shape index (κ3) is 3.43. The van der Waals surface area contributed by atoms with Gasteiger partial charge >= 0.3 is 0 Å². The molecule has 19 heavy (non-hydrogen) atoms. The van der Waals surface area contributed by atoms with E-state index in [1.807, 2.05) is 38.1 Å². The van der Waals surface area contributed by atoms with Crippen LogP contribution in [0.15, 0.2) is 46.9 Å². The predicted octanol–water partition coefficient (Wildman–Crippen LogP) is 4.31. The first kappa shape index (κ1) is 14.2. The summed E-state index contributed by atoms with van der Waals surface area (Å²) in [5.41, 5.74) is 8.93. The van der Waals surface area contributed by atoms with Gasteiger partial charge in [0.1, 0.15) is 5.82 Å². The van der Waals surface area contributed by atoms with Crippen molar-refractivity contribution in [2.24, 2.45) is 5.73 Å². The van der Waals surface area contributed by atoms with Gasteiger partial charge < -0.3 is 5.73 Å². The smallest absolute Gasteiger partial charge is 0.123 e. The van der Waals surface area contributed by atoms with Gasteiger partial charge in [0.25, 0.3) is 0 Å². The Kier molecular flexibility index (Phi) is 4.07. The van der Waals surface area contributed by atoms with Gasteiger partial charge in [-0.25, -0.2) is 4.39 Å². The highest BCUT2D eigenvalue weighted by Gasteiger charge is 2.22. The molecule has 0 fully saturated rings. The molecule has 0 heterocycles. The highest BCUT2D eigenvalue weighted by atomic mass is 79.9. The second-order valence-corrected chi connectivity index (χ2v) is 6.09. The lowest BCUT2D eigenvalue weighted by Crippen LogP contribution is -2.35. The van der Waals surface area contributed by atoms with E-state index in [1.54, 1.807) is 12.1 Å². The second-order valence-electron chi connectivity index (χ2n) is 5.18. The minimum atomic E-state index is -0.525. The summed E-state index contributed by atoms with van der Waals surface area (Å²) in [6.07, 6.45) is 0.604. The monoisotopic (exact) mass is 321 g/mol. The quantitative estimate of drug-likeness (QED) is 0.895. The van der Waals surface area contributed by atoms with Crippen LogP contribution in [0.1, 0.15) is 23.6 Å². The van der Waals surface area contributed by atoms with Crippen molar-refractivity contribution in [2.45, 2.75) is 25.8 Å². The van der Waals surface area contributed by atoms with E-state index in [2.05, 4.69) is 15.9 Å². The van der Waals surface area contributed by atoms with E-state index in [9.17, 15) is 4.39 Å². The number of hydrogen-bond acceptors (Lipinski definition) is 1. The zero-order chi connectivity index (χ0) is 14.0. The molecule has 0 bridgehead atoms. The number of halogens is 2. The zero-order valence-electron chi connectivity index (χ0n) is 11.1. The summed E-state index contributed by atoms with van der Waals surface area (Å²) in [7, 11) is 0. The maximum Gasteiger partial charge on any atom is 0.123 e. The molecule has 0 aromatic heterocycles. The molecular weight excluding hydrogens is 305 g/mol. The van der Waals surface area contributed by atoms with E-state index in [0.29, 0.717) is 6.42 Å². The van der Waals surface area contributed by atoms with Crippen molar-refractivity contribution in [1.29, 1.82) is 0 Å². The third-order valence-electron chi connectivity index (χ3n) is 3.35. The van der Waals surface area contributed by atoms with E-state index in [4.69, 9.17) is 5.73 Å². The molecule has 100 valence electrons. The minimum Gasteiger partial charge on any atom is -0.321 e. The van der Waals surface area contributed by atoms with Gasteiger partial charge in [-0.1, -0.05) is 34.1 Å². The van der Waals surface area contributed by atoms with Gasteiger partial charge in [-0.3, -0.25) is 0 Å². The Morgan fingerprint density at radius 3 is 2.63 bits per heavy atom. The first-order chi connectivity index (χ1) is 8.88. The molecule has 3 heteroatoms. The Morgan fingerprint density at radius 1 is 1.21 bits per heavy atom. The van der Waals surface area contributed by atoms with E-state index in [0.717, 1.165) is 21.2 Å². The first-order valence-corrected chi connectivity index (χ1v) is 6.98. The molecule has 0 radical (unpaired) electrons. The Hall–Kier alpha value is -1.19. The lowest BCUT2D eigenvalue weighted by molar-refractivity contribution is 0.488. The highest BCUT2D eigenvalue weighted by Crippen LogP contribution is 2.26. The topological polar surface area (TPSA) is 26.0 Å². The molecule has 0 aliphatic heterocycles. The molecule has 0 amide bonds. The molecule has 0 spiro atoms. The third-order valence-corrected chi connectivity index (χ3v) is 3.85. The summed E-state index contributed by atoms with van der Waals surface area (Å²) in [5, 5.41) is 0. The summed E-state index contributed by atoms with van der Waals surface area (Å²) in [6.45, 7) is 3.95. The van der Waals surface area contributed by atoms with Crippen LogP contribution in [0.2, 0.25) is 0 Å². The minimum absolute atomic E-state index is 0.217. The van der Waals surface area contributed by atoms with Crippen molar-refractivity contribution in [3.05, 3.63) is 69.4 Å². The van der Waals surface area contributed by atoms with E-state index < -0.39 is 5.54 Å². The molecule has 1 nitrogen and oxygen atoms in total. The van der Waals surface area contributed by atoms with Crippen molar-refractivity contribution in [2.75, 3.05) is 0 Å². The number of benzene rings is 2. The van der Waals surface area contributed by atoms with Crippen LogP contribution in [-0.4, -0.2) is 0 Å². The van der Waals surface area contributed by atoms with Gasteiger partial charge in [-0.2, -0.15) is 0 Å². The van der Waals surface area contributed by atoms with Crippen LogP contribution in [-0.2, 0) is 12.0 Å². The van der Waals surface area contributed by atoms with Crippen LogP contribution >= 0.6 is 15.9 Å². The average molecular weight is 322 g/mol. The van der Waals surface area contributed by atoms with Gasteiger partial charge in [0, 0.05) is 10.0 Å². The van der Waals surface area contributed by atoms with Crippen molar-refractivity contribution >= 4 is 15.9 Å². The summed E-state index contributed by atoms with van der Waals surface area (Å²) in [6, 6.07) is 12.8. The number of nitrogens with two attached hydrogens (primary N) is 1. The van der Waals surface area contributed by atoms with Gasteiger partial charge in [-0.15, -0.1) is 0 Å². The Morgan fingerprint density at radius 2 is 1.95 bits per heavy atom. The number of aryl methyl sites for hydroxylation is 1. The van der Waals surface area contributed by atoms with E-state index in [-0.39, 0.29) is 5.82 Å². The van der Waals surface area contributed by atoms with Crippen molar-refractivity contribution < 1.29 is 4.39 Å². The van der Waals surface area contributed by atoms with Crippen LogP contribution < -0.4 is 5.73 Å². The van der Waals surface area contributed by atoms with Gasteiger partial charge in [0.2, 0.25) is 0 Å². The summed E-state index contributed by atoms with van der Waals surface area (Å²) in [4.78, 5) is 0. The lowest BCUT2D eigenvalue weighted by atomic mass is 9.85. The van der Waals surface area contributed by atoms with Crippen LogP contribution in [0.25, 0.3) is 0 Å². The fourth-order valence-electron chi connectivity index (χ4n) is 2.17. The van der Waals surface area contributed by atoms with Gasteiger partial charge in [0.15, 0.2) is 0 Å². The van der Waals surface area contributed by atoms with Crippen LogP contribution in [0, 0.1) is 12.7 Å². The van der Waals surface area contributed by atoms with Crippen molar-refractivity contribution in [1.82, 2.24) is 0 Å². The highest BCUT2D eigenvalue weighted by molar-refractivity contribution is 9.10. The fourth-order valence-corrected chi connectivity index (χ4v) is 2.57. The molecule has 0 saturated carbocycles. The molecule has 2 rings (SSSR count). The molecular formula is C16H17BrFN. The first-order valence-electron chi connectivity index (χ1n) is 6.18. The van der Waals surface area contributed by atoms with Crippen molar-refractivity contribution in [3.63, 3.8) is 0 Å². The standard InChI is InChI=1S/C16H17BrFN/c1-11-6-7-15(18)8-12(11)10-16(2,19)13-4-3-5-14(17)9-13/h3-9H,10,19H2,1-2H3. The lowest BCUT2D eigenvalue weighted by Gasteiger charge is -2.26.